The third-order valence-corrected chi connectivity index (χ3v) is 3.39. The Morgan fingerprint density at radius 3 is 2.81 bits per heavy atom. The van der Waals surface area contributed by atoms with Crippen molar-refractivity contribution in [2.24, 2.45) is 0 Å². The number of β-amino-alcohol motifs (C(OH)–C–C–N with tert-alkyl or cyclic N) is 1. The maximum Gasteiger partial charge on any atom is 0.237 e. The third-order valence-electron chi connectivity index (χ3n) is 3.39. The number of hydrogen-bond donors (Lipinski definition) is 3. The Bertz CT molecular complexity index is 480. The number of nitrogens with one attached hydrogen (secondary N) is 2. The minimum Gasteiger partial charge on any atom is -0.493 e. The normalized spacial score (nSPS) is 22.6. The molecular weight excluding hydrogens is 272 g/mol. The molecule has 6 nitrogen and oxygen atoms in total. The number of para-hydroxylation sites is 2. The molecule has 1 amide bonds. The molecule has 21 heavy (non-hydrogen) atoms. The second kappa shape index (κ2) is 7.28. The number of aliphatic hydroxyl groups is 1. The van der Waals surface area contributed by atoms with Crippen LogP contribution < -0.4 is 20.1 Å². The van der Waals surface area contributed by atoms with E-state index in [1.54, 1.807) is 7.11 Å². The Morgan fingerprint density at radius 1 is 1.48 bits per heavy atom. The van der Waals surface area contributed by atoms with Crippen LogP contribution in [0.3, 0.4) is 0 Å². The summed E-state index contributed by atoms with van der Waals surface area (Å²) in [6.45, 7) is 2.74. The van der Waals surface area contributed by atoms with Crippen LogP contribution in [0.2, 0.25) is 0 Å². The third kappa shape index (κ3) is 4.34. The number of carbonyl (C=O) groups is 1. The van der Waals surface area contributed by atoms with E-state index in [1.807, 2.05) is 31.2 Å². The Kier molecular flexibility index (Phi) is 5.41. The van der Waals surface area contributed by atoms with Gasteiger partial charge in [-0.05, 0) is 25.5 Å². The van der Waals surface area contributed by atoms with Gasteiger partial charge >= 0.3 is 0 Å². The topological polar surface area (TPSA) is 79.8 Å². The summed E-state index contributed by atoms with van der Waals surface area (Å²) in [7, 11) is 1.59. The van der Waals surface area contributed by atoms with Crippen molar-refractivity contribution in [3.63, 3.8) is 0 Å². The zero-order valence-electron chi connectivity index (χ0n) is 12.3. The number of ether oxygens (including phenoxy) is 2. The highest BCUT2D eigenvalue weighted by atomic mass is 16.5. The molecule has 2 rings (SSSR count). The molecule has 1 aromatic rings. The highest BCUT2D eigenvalue weighted by molar-refractivity contribution is 5.82. The highest BCUT2D eigenvalue weighted by Crippen LogP contribution is 2.26. The summed E-state index contributed by atoms with van der Waals surface area (Å²) in [4.78, 5) is 11.9. The molecular formula is C15H22N2O4. The Hall–Kier alpha value is -1.79. The smallest absolute Gasteiger partial charge is 0.237 e. The molecule has 1 saturated heterocycles. The first-order valence-corrected chi connectivity index (χ1v) is 7.09. The highest BCUT2D eigenvalue weighted by Gasteiger charge is 2.28. The van der Waals surface area contributed by atoms with Crippen LogP contribution in [0, 0.1) is 0 Å². The van der Waals surface area contributed by atoms with Gasteiger partial charge in [-0.3, -0.25) is 4.79 Å². The summed E-state index contributed by atoms with van der Waals surface area (Å²) in [5.41, 5.74) is 0. The van der Waals surface area contributed by atoms with Crippen molar-refractivity contribution < 1.29 is 19.4 Å². The van der Waals surface area contributed by atoms with Gasteiger partial charge in [0.25, 0.3) is 0 Å². The van der Waals surface area contributed by atoms with E-state index in [4.69, 9.17) is 9.47 Å². The lowest BCUT2D eigenvalue weighted by atomic mass is 10.2. The maximum absolute atomic E-state index is 11.9. The molecule has 3 atom stereocenters. The Labute approximate surface area is 124 Å². The van der Waals surface area contributed by atoms with Gasteiger partial charge in [0.15, 0.2) is 11.5 Å². The van der Waals surface area contributed by atoms with Gasteiger partial charge in [-0.15, -0.1) is 0 Å². The van der Waals surface area contributed by atoms with Gasteiger partial charge in [0.05, 0.1) is 25.8 Å². The largest absolute Gasteiger partial charge is 0.493 e. The van der Waals surface area contributed by atoms with Crippen molar-refractivity contribution >= 4 is 5.91 Å². The number of benzene rings is 1. The second-order valence-electron chi connectivity index (χ2n) is 5.17. The zero-order chi connectivity index (χ0) is 15.2. The average molecular weight is 294 g/mol. The van der Waals surface area contributed by atoms with Crippen molar-refractivity contribution in [1.29, 1.82) is 0 Å². The first-order chi connectivity index (χ1) is 10.1. The van der Waals surface area contributed by atoms with Crippen LogP contribution in [0.4, 0.5) is 0 Å². The molecule has 3 N–H and O–H groups in total. The van der Waals surface area contributed by atoms with E-state index in [1.165, 1.54) is 0 Å². The molecule has 0 spiro atoms. The number of carbonyl (C=O) groups excluding carboxylic acids is 1. The average Bonchev–Trinajstić information content (AvgIpc) is 2.92. The van der Waals surface area contributed by atoms with Gasteiger partial charge in [-0.25, -0.2) is 0 Å². The summed E-state index contributed by atoms with van der Waals surface area (Å²) in [5, 5.41) is 15.2. The van der Waals surface area contributed by atoms with E-state index >= 15 is 0 Å². The summed E-state index contributed by atoms with van der Waals surface area (Å²) in [6, 6.07) is 7.07. The zero-order valence-corrected chi connectivity index (χ0v) is 12.3. The van der Waals surface area contributed by atoms with Crippen LogP contribution in [0.1, 0.15) is 13.3 Å². The fraction of sp³-hybridized carbons (Fsp3) is 0.533. The molecule has 1 aliphatic rings. The SMILES string of the molecule is COc1ccccc1OC(C)CNC(=O)C1CC(O)CN1. The molecule has 6 heteroatoms. The molecule has 0 saturated carbocycles. The van der Waals surface area contributed by atoms with Crippen LogP contribution >= 0.6 is 0 Å². The minimum atomic E-state index is -0.442. The summed E-state index contributed by atoms with van der Waals surface area (Å²) in [5.74, 6) is 1.20. The molecule has 0 aromatic heterocycles. The summed E-state index contributed by atoms with van der Waals surface area (Å²) < 4.78 is 11.0. The molecule has 0 aliphatic carbocycles. The van der Waals surface area contributed by atoms with Gasteiger partial charge < -0.3 is 25.2 Å². The minimum absolute atomic E-state index is 0.109. The molecule has 1 aromatic carbocycles. The van der Waals surface area contributed by atoms with E-state index in [2.05, 4.69) is 10.6 Å². The summed E-state index contributed by atoms with van der Waals surface area (Å²) in [6.07, 6.45) is -0.173. The molecule has 116 valence electrons. The van der Waals surface area contributed by atoms with Crippen molar-refractivity contribution in [1.82, 2.24) is 10.6 Å². The first-order valence-electron chi connectivity index (χ1n) is 7.09. The van der Waals surface area contributed by atoms with Crippen molar-refractivity contribution in [2.45, 2.75) is 31.6 Å². The van der Waals surface area contributed by atoms with Crippen molar-refractivity contribution in [2.75, 3.05) is 20.2 Å². The van der Waals surface area contributed by atoms with E-state index in [9.17, 15) is 9.90 Å². The molecule has 1 aliphatic heterocycles. The maximum atomic E-state index is 11.9. The number of amides is 1. The standard InChI is InChI=1S/C15H22N2O4/c1-10(21-14-6-4-3-5-13(14)20-2)8-17-15(19)12-7-11(18)9-16-12/h3-6,10-12,16,18H,7-9H2,1-2H3,(H,17,19). The molecule has 0 radical (unpaired) electrons. The lowest BCUT2D eigenvalue weighted by Crippen LogP contribution is -2.43. The van der Waals surface area contributed by atoms with Crippen LogP contribution in [-0.4, -0.2) is 49.5 Å². The Morgan fingerprint density at radius 2 is 2.19 bits per heavy atom. The van der Waals surface area contributed by atoms with Gasteiger partial charge in [0.2, 0.25) is 5.91 Å². The molecule has 3 unspecified atom stereocenters. The summed E-state index contributed by atoms with van der Waals surface area (Å²) >= 11 is 0. The van der Waals surface area contributed by atoms with Crippen LogP contribution in [-0.2, 0) is 4.79 Å². The van der Waals surface area contributed by atoms with E-state index < -0.39 is 6.10 Å². The van der Waals surface area contributed by atoms with Crippen molar-refractivity contribution in [3.05, 3.63) is 24.3 Å². The van der Waals surface area contributed by atoms with Crippen LogP contribution in [0.15, 0.2) is 24.3 Å². The molecule has 1 heterocycles. The predicted molar refractivity (Wildman–Crippen MR) is 78.5 cm³/mol. The fourth-order valence-corrected chi connectivity index (χ4v) is 2.26. The number of methoxy groups -OCH3 is 1. The van der Waals surface area contributed by atoms with Gasteiger partial charge in [0, 0.05) is 6.54 Å². The van der Waals surface area contributed by atoms with Gasteiger partial charge in [-0.2, -0.15) is 0 Å². The Balaban J connectivity index is 1.79. The second-order valence-corrected chi connectivity index (χ2v) is 5.17. The van der Waals surface area contributed by atoms with E-state index in [-0.39, 0.29) is 18.1 Å². The van der Waals surface area contributed by atoms with Gasteiger partial charge in [0.1, 0.15) is 6.10 Å². The van der Waals surface area contributed by atoms with Crippen LogP contribution in [0.25, 0.3) is 0 Å². The predicted octanol–water partition coefficient (Wildman–Crippen LogP) is 0.302. The quantitative estimate of drug-likeness (QED) is 0.703. The van der Waals surface area contributed by atoms with E-state index in [0.717, 1.165) is 0 Å². The van der Waals surface area contributed by atoms with Gasteiger partial charge in [-0.1, -0.05) is 12.1 Å². The molecule has 1 fully saturated rings. The monoisotopic (exact) mass is 294 g/mol. The van der Waals surface area contributed by atoms with Crippen molar-refractivity contribution in [3.8, 4) is 11.5 Å². The van der Waals surface area contributed by atoms with Crippen LogP contribution in [0.5, 0.6) is 11.5 Å². The fourth-order valence-electron chi connectivity index (χ4n) is 2.26. The first kappa shape index (κ1) is 15.6. The number of hydrogen-bond acceptors (Lipinski definition) is 5. The number of aliphatic hydroxyl groups excluding tert-OH is 1. The van der Waals surface area contributed by atoms with E-state index in [0.29, 0.717) is 31.0 Å². The number of rotatable bonds is 6. The lowest BCUT2D eigenvalue weighted by Gasteiger charge is -2.18. The molecule has 0 bridgehead atoms. The lowest BCUT2D eigenvalue weighted by molar-refractivity contribution is -0.123.